The molecule has 1 atom stereocenters. The maximum Gasteiger partial charge on any atom is 0.335 e. The minimum Gasteiger partial charge on any atom is -0.507 e. The predicted octanol–water partition coefficient (Wildman–Crippen LogP) is 4.77. The molecule has 1 heterocycles. The molecule has 0 radical (unpaired) electrons. The first kappa shape index (κ1) is 20.6. The number of amides is 1. The maximum atomic E-state index is 13.0. The molecule has 154 valence electrons. The lowest BCUT2D eigenvalue weighted by Gasteiger charge is -2.25. The van der Waals surface area contributed by atoms with E-state index in [0.29, 0.717) is 11.1 Å². The van der Waals surface area contributed by atoms with Crippen molar-refractivity contribution in [2.75, 3.05) is 4.90 Å². The van der Waals surface area contributed by atoms with E-state index < -0.39 is 23.7 Å². The fourth-order valence-corrected chi connectivity index (χ4v) is 3.87. The Hall–Kier alpha value is -3.71. The number of carbonyl (C=O) groups excluding carboxylic acids is 2. The van der Waals surface area contributed by atoms with Crippen LogP contribution in [0.4, 0.5) is 5.69 Å². The molecule has 1 saturated heterocycles. The molecule has 0 aliphatic carbocycles. The smallest absolute Gasteiger partial charge is 0.335 e. The zero-order valence-electron chi connectivity index (χ0n) is 16.0. The van der Waals surface area contributed by atoms with Gasteiger partial charge < -0.3 is 10.2 Å². The van der Waals surface area contributed by atoms with Crippen LogP contribution in [0.25, 0.3) is 5.76 Å². The van der Waals surface area contributed by atoms with Crippen molar-refractivity contribution in [3.05, 3.63) is 106 Å². The topological polar surface area (TPSA) is 94.9 Å². The lowest BCUT2D eigenvalue weighted by atomic mass is 9.95. The number of anilines is 1. The number of nitrogens with zero attached hydrogens (tertiary/aromatic N) is 1. The van der Waals surface area contributed by atoms with Gasteiger partial charge in [0.05, 0.1) is 17.2 Å². The molecule has 0 saturated carbocycles. The lowest BCUT2D eigenvalue weighted by molar-refractivity contribution is -0.132. The normalized spacial score (nSPS) is 17.7. The Morgan fingerprint density at radius 2 is 1.52 bits per heavy atom. The van der Waals surface area contributed by atoms with Crippen LogP contribution in [-0.4, -0.2) is 27.9 Å². The van der Waals surface area contributed by atoms with Crippen molar-refractivity contribution in [1.29, 1.82) is 0 Å². The third-order valence-corrected chi connectivity index (χ3v) is 5.58. The number of halogens is 1. The van der Waals surface area contributed by atoms with Gasteiger partial charge in [0.15, 0.2) is 0 Å². The molecule has 3 aromatic carbocycles. The van der Waals surface area contributed by atoms with E-state index in [9.17, 15) is 24.6 Å². The third-order valence-electron chi connectivity index (χ3n) is 5.05. The highest BCUT2D eigenvalue weighted by Gasteiger charge is 2.47. The van der Waals surface area contributed by atoms with E-state index in [1.54, 1.807) is 60.7 Å². The van der Waals surface area contributed by atoms with E-state index in [-0.39, 0.29) is 22.6 Å². The highest BCUT2D eigenvalue weighted by molar-refractivity contribution is 9.10. The Labute approximate surface area is 186 Å². The number of carbonyl (C=O) groups is 3. The van der Waals surface area contributed by atoms with Gasteiger partial charge in [-0.05, 0) is 35.9 Å². The number of ketones is 1. The average Bonchev–Trinajstić information content (AvgIpc) is 3.05. The first-order valence-corrected chi connectivity index (χ1v) is 10.1. The second-order valence-corrected chi connectivity index (χ2v) is 7.86. The summed E-state index contributed by atoms with van der Waals surface area (Å²) < 4.78 is 0.801. The van der Waals surface area contributed by atoms with Crippen molar-refractivity contribution in [2.45, 2.75) is 6.04 Å². The number of aliphatic hydroxyl groups is 1. The second-order valence-electron chi connectivity index (χ2n) is 6.94. The Morgan fingerprint density at radius 3 is 2.16 bits per heavy atom. The molecule has 2 N–H and O–H groups in total. The summed E-state index contributed by atoms with van der Waals surface area (Å²) in [5, 5.41) is 20.3. The van der Waals surface area contributed by atoms with E-state index in [2.05, 4.69) is 15.9 Å². The quantitative estimate of drug-likeness (QED) is 0.320. The summed E-state index contributed by atoms with van der Waals surface area (Å²) in [5.41, 5.74) is 1.19. The summed E-state index contributed by atoms with van der Waals surface area (Å²) in [6.45, 7) is 0. The van der Waals surface area contributed by atoms with Crippen LogP contribution in [0.15, 0.2) is 88.9 Å². The van der Waals surface area contributed by atoms with E-state index in [0.717, 1.165) is 4.47 Å². The minimum absolute atomic E-state index is 0.0147. The minimum atomic E-state index is -1.15. The van der Waals surface area contributed by atoms with Gasteiger partial charge in [-0.3, -0.25) is 14.5 Å². The summed E-state index contributed by atoms with van der Waals surface area (Å²) in [6, 6.07) is 20.5. The molecule has 4 rings (SSSR count). The van der Waals surface area contributed by atoms with Gasteiger partial charge in [-0.1, -0.05) is 64.5 Å². The molecule has 1 unspecified atom stereocenters. The largest absolute Gasteiger partial charge is 0.507 e. The molecule has 1 fully saturated rings. The Bertz CT molecular complexity index is 1220. The van der Waals surface area contributed by atoms with Crippen LogP contribution in [0.1, 0.15) is 27.5 Å². The van der Waals surface area contributed by atoms with Gasteiger partial charge in [0.1, 0.15) is 5.76 Å². The van der Waals surface area contributed by atoms with Crippen LogP contribution < -0.4 is 4.90 Å². The SMILES string of the molecule is O=C1C(=O)N(c2cccc(C(=O)O)c2)C(c2ccccc2)/C1=C(\O)c1ccc(Br)cc1. The van der Waals surface area contributed by atoms with Gasteiger partial charge in [0, 0.05) is 15.7 Å². The van der Waals surface area contributed by atoms with E-state index in [1.807, 2.05) is 0 Å². The number of benzene rings is 3. The highest BCUT2D eigenvalue weighted by atomic mass is 79.9. The fourth-order valence-electron chi connectivity index (χ4n) is 3.60. The Morgan fingerprint density at radius 1 is 0.839 bits per heavy atom. The van der Waals surface area contributed by atoms with Crippen LogP contribution in [0.3, 0.4) is 0 Å². The number of Topliss-reactive ketones (excluding diaryl/α,β-unsaturated/α-hetero) is 1. The van der Waals surface area contributed by atoms with Crippen molar-refractivity contribution in [3.8, 4) is 0 Å². The van der Waals surface area contributed by atoms with Crippen molar-refractivity contribution in [3.63, 3.8) is 0 Å². The van der Waals surface area contributed by atoms with Crippen molar-refractivity contribution in [2.24, 2.45) is 0 Å². The number of aromatic carboxylic acids is 1. The number of rotatable bonds is 4. The van der Waals surface area contributed by atoms with Crippen molar-refractivity contribution < 1.29 is 24.6 Å². The van der Waals surface area contributed by atoms with Gasteiger partial charge in [0.25, 0.3) is 11.7 Å². The molecule has 0 spiro atoms. The molecule has 1 amide bonds. The van der Waals surface area contributed by atoms with Crippen LogP contribution in [0.5, 0.6) is 0 Å². The highest BCUT2D eigenvalue weighted by Crippen LogP contribution is 2.42. The van der Waals surface area contributed by atoms with E-state index >= 15 is 0 Å². The molecule has 0 bridgehead atoms. The van der Waals surface area contributed by atoms with Crippen LogP contribution in [0, 0.1) is 0 Å². The van der Waals surface area contributed by atoms with E-state index in [4.69, 9.17) is 0 Å². The fraction of sp³-hybridized carbons (Fsp3) is 0.0417. The number of carboxylic acid groups (broad SMARTS) is 1. The third kappa shape index (κ3) is 3.75. The zero-order chi connectivity index (χ0) is 22.1. The average molecular weight is 478 g/mol. The first-order valence-electron chi connectivity index (χ1n) is 9.33. The Kier molecular flexibility index (Phi) is 5.44. The summed E-state index contributed by atoms with van der Waals surface area (Å²) in [7, 11) is 0. The monoisotopic (exact) mass is 477 g/mol. The van der Waals surface area contributed by atoms with Gasteiger partial charge in [-0.15, -0.1) is 0 Å². The molecule has 31 heavy (non-hydrogen) atoms. The molecular weight excluding hydrogens is 462 g/mol. The van der Waals surface area contributed by atoms with Crippen molar-refractivity contribution in [1.82, 2.24) is 0 Å². The predicted molar refractivity (Wildman–Crippen MR) is 119 cm³/mol. The van der Waals surface area contributed by atoms with Gasteiger partial charge in [-0.2, -0.15) is 0 Å². The second kappa shape index (κ2) is 8.20. The molecule has 0 aromatic heterocycles. The number of hydrogen-bond donors (Lipinski definition) is 2. The van der Waals surface area contributed by atoms with Crippen LogP contribution in [0.2, 0.25) is 0 Å². The lowest BCUT2D eigenvalue weighted by Crippen LogP contribution is -2.29. The van der Waals surface area contributed by atoms with Gasteiger partial charge >= 0.3 is 5.97 Å². The number of aliphatic hydroxyl groups excluding tert-OH is 1. The first-order chi connectivity index (χ1) is 14.9. The number of carboxylic acids is 1. The molecule has 6 nitrogen and oxygen atoms in total. The van der Waals surface area contributed by atoms with E-state index in [1.165, 1.54) is 23.1 Å². The molecule has 1 aliphatic heterocycles. The zero-order valence-corrected chi connectivity index (χ0v) is 17.6. The standard InChI is InChI=1S/C24H16BrNO5/c25-17-11-9-15(10-12-17)21(27)19-20(14-5-2-1-3-6-14)26(23(29)22(19)28)18-8-4-7-16(13-18)24(30)31/h1-13,20,27H,(H,30,31)/b21-19+. The van der Waals surface area contributed by atoms with Gasteiger partial charge in [0.2, 0.25) is 0 Å². The van der Waals surface area contributed by atoms with Crippen LogP contribution in [-0.2, 0) is 9.59 Å². The summed E-state index contributed by atoms with van der Waals surface area (Å²) >= 11 is 3.33. The van der Waals surface area contributed by atoms with Gasteiger partial charge in [-0.25, -0.2) is 4.79 Å². The summed E-state index contributed by atoms with van der Waals surface area (Å²) in [6.07, 6.45) is 0. The number of hydrogen-bond acceptors (Lipinski definition) is 4. The molecular formula is C24H16BrNO5. The Balaban J connectivity index is 1.94. The van der Waals surface area contributed by atoms with Crippen molar-refractivity contribution >= 4 is 45.0 Å². The summed E-state index contributed by atoms with van der Waals surface area (Å²) in [4.78, 5) is 38.7. The maximum absolute atomic E-state index is 13.0. The summed E-state index contributed by atoms with van der Waals surface area (Å²) in [5.74, 6) is -3.12. The molecule has 7 heteroatoms. The van der Waals surface area contributed by atoms with Crippen LogP contribution >= 0.6 is 15.9 Å². The molecule has 3 aromatic rings. The molecule has 1 aliphatic rings.